The van der Waals surface area contributed by atoms with Gasteiger partial charge < -0.3 is 9.47 Å². The average molecular weight is 400 g/mol. The monoisotopic (exact) mass is 400 g/mol. The first kappa shape index (κ1) is 20.6. The number of hydrogen-bond acceptors (Lipinski definition) is 5. The van der Waals surface area contributed by atoms with Crippen molar-refractivity contribution >= 4 is 17.3 Å². The van der Waals surface area contributed by atoms with E-state index in [4.69, 9.17) is 9.47 Å². The third-order valence-electron chi connectivity index (χ3n) is 4.46. The second-order valence-corrected chi connectivity index (χ2v) is 6.67. The number of hydrogen-bond donors (Lipinski definition) is 0. The van der Waals surface area contributed by atoms with Crippen LogP contribution in [0.2, 0.25) is 0 Å². The molecule has 0 saturated carbocycles. The molecule has 0 saturated heterocycles. The van der Waals surface area contributed by atoms with Gasteiger partial charge in [0.15, 0.2) is 11.5 Å². The van der Waals surface area contributed by atoms with E-state index in [1.54, 1.807) is 37.5 Å². The van der Waals surface area contributed by atoms with Crippen LogP contribution in [0.1, 0.15) is 22.3 Å². The lowest BCUT2D eigenvalue weighted by molar-refractivity contribution is -0.384. The molecule has 3 rings (SSSR count). The second kappa shape index (κ2) is 9.39. The Morgan fingerprint density at radius 3 is 2.60 bits per heavy atom. The Morgan fingerprint density at radius 2 is 1.90 bits per heavy atom. The molecule has 3 aromatic rings. The van der Waals surface area contributed by atoms with Crippen molar-refractivity contribution in [1.82, 2.24) is 0 Å². The van der Waals surface area contributed by atoms with Gasteiger partial charge in [0.25, 0.3) is 5.69 Å². The summed E-state index contributed by atoms with van der Waals surface area (Å²) >= 11 is 0. The maximum absolute atomic E-state index is 11.0. The van der Waals surface area contributed by atoms with Crippen LogP contribution in [0.15, 0.2) is 66.7 Å². The van der Waals surface area contributed by atoms with Crippen molar-refractivity contribution in [2.75, 3.05) is 7.11 Å². The maximum atomic E-state index is 11.0. The van der Waals surface area contributed by atoms with E-state index in [1.807, 2.05) is 31.2 Å². The highest BCUT2D eigenvalue weighted by Gasteiger charge is 2.10. The number of nitro benzene ring substituents is 1. The zero-order chi connectivity index (χ0) is 21.5. The molecule has 150 valence electrons. The molecule has 30 heavy (non-hydrogen) atoms. The predicted molar refractivity (Wildman–Crippen MR) is 115 cm³/mol. The van der Waals surface area contributed by atoms with Crippen LogP contribution in [0.25, 0.3) is 11.6 Å². The molecule has 0 aliphatic rings. The standard InChI is InChI=1S/C24H20N2O4/c1-17-5-3-6-19(11-17)16-30-23-10-9-18(13-24(23)29-2)12-21(15-25)20-7-4-8-22(14-20)26(27)28/h3-14H,16H2,1-2H3. The third kappa shape index (κ3) is 5.03. The Labute approximate surface area is 174 Å². The molecule has 0 bridgehead atoms. The molecule has 0 radical (unpaired) electrons. The summed E-state index contributed by atoms with van der Waals surface area (Å²) in [5.41, 5.74) is 3.66. The fraction of sp³-hybridized carbons (Fsp3) is 0.125. The highest BCUT2D eigenvalue weighted by atomic mass is 16.6. The minimum absolute atomic E-state index is 0.0638. The molecule has 0 fully saturated rings. The Kier molecular flexibility index (Phi) is 6.46. The number of aryl methyl sites for hydroxylation is 1. The Morgan fingerprint density at radius 1 is 1.10 bits per heavy atom. The Hall–Kier alpha value is -4.11. The molecule has 0 unspecified atom stereocenters. The van der Waals surface area contributed by atoms with Gasteiger partial charge in [-0.25, -0.2) is 0 Å². The molecule has 0 aromatic heterocycles. The maximum Gasteiger partial charge on any atom is 0.270 e. The summed E-state index contributed by atoms with van der Waals surface area (Å²) in [5.74, 6) is 1.12. The number of non-ortho nitro benzene ring substituents is 1. The van der Waals surface area contributed by atoms with Gasteiger partial charge in [0.05, 0.1) is 23.7 Å². The molecule has 0 N–H and O–H groups in total. The van der Waals surface area contributed by atoms with Gasteiger partial charge in [-0.2, -0.15) is 5.26 Å². The van der Waals surface area contributed by atoms with Crippen LogP contribution in [0.5, 0.6) is 11.5 Å². The van der Waals surface area contributed by atoms with Crippen LogP contribution >= 0.6 is 0 Å². The summed E-state index contributed by atoms with van der Waals surface area (Å²) in [5, 5.41) is 20.5. The van der Waals surface area contributed by atoms with E-state index in [-0.39, 0.29) is 5.69 Å². The van der Waals surface area contributed by atoms with Crippen LogP contribution in [0.3, 0.4) is 0 Å². The van der Waals surface area contributed by atoms with E-state index in [1.165, 1.54) is 12.1 Å². The highest BCUT2D eigenvalue weighted by molar-refractivity contribution is 5.90. The molecule has 6 nitrogen and oxygen atoms in total. The number of nitrogens with zero attached hydrogens (tertiary/aromatic N) is 2. The number of allylic oxidation sites excluding steroid dienone is 1. The SMILES string of the molecule is COc1cc(C=C(C#N)c2cccc([N+](=O)[O-])c2)ccc1OCc1cccc(C)c1. The molecule has 0 aliphatic carbocycles. The average Bonchev–Trinajstić information content (AvgIpc) is 2.76. The lowest BCUT2D eigenvalue weighted by atomic mass is 10.0. The van der Waals surface area contributed by atoms with Gasteiger partial charge in [-0.1, -0.05) is 48.0 Å². The normalized spacial score (nSPS) is 10.9. The fourth-order valence-electron chi connectivity index (χ4n) is 2.99. The first-order valence-electron chi connectivity index (χ1n) is 9.23. The number of methoxy groups -OCH3 is 1. The second-order valence-electron chi connectivity index (χ2n) is 6.67. The lowest BCUT2D eigenvalue weighted by Crippen LogP contribution is -1.98. The molecule has 0 heterocycles. The topological polar surface area (TPSA) is 85.4 Å². The summed E-state index contributed by atoms with van der Waals surface area (Å²) in [4.78, 5) is 10.5. The van der Waals surface area contributed by atoms with E-state index in [9.17, 15) is 15.4 Å². The summed E-state index contributed by atoms with van der Waals surface area (Å²) in [6, 6.07) is 21.5. The molecule has 0 aliphatic heterocycles. The zero-order valence-corrected chi connectivity index (χ0v) is 16.7. The van der Waals surface area contributed by atoms with Gasteiger partial charge in [0.1, 0.15) is 6.61 Å². The van der Waals surface area contributed by atoms with Crippen LogP contribution < -0.4 is 9.47 Å². The van der Waals surface area contributed by atoms with E-state index in [2.05, 4.69) is 12.1 Å². The van der Waals surface area contributed by atoms with Crippen molar-refractivity contribution in [3.05, 3.63) is 99.1 Å². The Bertz CT molecular complexity index is 1150. The summed E-state index contributed by atoms with van der Waals surface area (Å²) in [6.45, 7) is 2.43. The number of rotatable bonds is 7. The molecular formula is C24H20N2O4. The van der Waals surface area contributed by atoms with Gasteiger partial charge in [0, 0.05) is 12.1 Å². The smallest absolute Gasteiger partial charge is 0.270 e. The number of nitriles is 1. The van der Waals surface area contributed by atoms with Crippen LogP contribution in [-0.4, -0.2) is 12.0 Å². The summed E-state index contributed by atoms with van der Waals surface area (Å²) < 4.78 is 11.3. The molecule has 0 atom stereocenters. The summed E-state index contributed by atoms with van der Waals surface area (Å²) in [6.07, 6.45) is 1.66. The van der Waals surface area contributed by atoms with Crippen LogP contribution in [0.4, 0.5) is 5.69 Å². The van der Waals surface area contributed by atoms with Crippen molar-refractivity contribution < 1.29 is 14.4 Å². The Balaban J connectivity index is 1.85. The van der Waals surface area contributed by atoms with E-state index < -0.39 is 4.92 Å². The van der Waals surface area contributed by atoms with Crippen molar-refractivity contribution in [2.45, 2.75) is 13.5 Å². The van der Waals surface area contributed by atoms with Gasteiger partial charge >= 0.3 is 0 Å². The van der Waals surface area contributed by atoms with Crippen LogP contribution in [-0.2, 0) is 6.61 Å². The third-order valence-corrected chi connectivity index (χ3v) is 4.46. The largest absolute Gasteiger partial charge is 0.493 e. The highest BCUT2D eigenvalue weighted by Crippen LogP contribution is 2.31. The number of nitro groups is 1. The number of benzene rings is 3. The van der Waals surface area contributed by atoms with Crippen molar-refractivity contribution in [3.63, 3.8) is 0 Å². The molecule has 6 heteroatoms. The zero-order valence-electron chi connectivity index (χ0n) is 16.7. The predicted octanol–water partition coefficient (Wildman–Crippen LogP) is 5.56. The fourth-order valence-corrected chi connectivity index (χ4v) is 2.99. The van der Waals surface area contributed by atoms with Gasteiger partial charge in [-0.15, -0.1) is 0 Å². The first-order valence-corrected chi connectivity index (χ1v) is 9.23. The number of ether oxygens (including phenoxy) is 2. The summed E-state index contributed by atoms with van der Waals surface area (Å²) in [7, 11) is 1.55. The minimum Gasteiger partial charge on any atom is -0.493 e. The molecule has 0 amide bonds. The van der Waals surface area contributed by atoms with Gasteiger partial charge in [-0.3, -0.25) is 10.1 Å². The first-order chi connectivity index (χ1) is 14.5. The van der Waals surface area contributed by atoms with Crippen molar-refractivity contribution in [2.24, 2.45) is 0 Å². The van der Waals surface area contributed by atoms with E-state index >= 15 is 0 Å². The molecule has 0 spiro atoms. The van der Waals surface area contributed by atoms with E-state index in [0.29, 0.717) is 29.2 Å². The quantitative estimate of drug-likeness (QED) is 0.224. The van der Waals surface area contributed by atoms with Gasteiger partial charge in [0.2, 0.25) is 0 Å². The molecule has 3 aromatic carbocycles. The van der Waals surface area contributed by atoms with E-state index in [0.717, 1.165) is 16.7 Å². The lowest BCUT2D eigenvalue weighted by Gasteiger charge is -2.12. The van der Waals surface area contributed by atoms with Crippen molar-refractivity contribution in [3.8, 4) is 17.6 Å². The molecular weight excluding hydrogens is 380 g/mol. The van der Waals surface area contributed by atoms with Crippen LogP contribution in [0, 0.1) is 28.4 Å². The van der Waals surface area contributed by atoms with Gasteiger partial charge in [-0.05, 0) is 41.8 Å². The minimum atomic E-state index is -0.484. The van der Waals surface area contributed by atoms with Crippen molar-refractivity contribution in [1.29, 1.82) is 5.26 Å².